The summed E-state index contributed by atoms with van der Waals surface area (Å²) in [5, 5.41) is 11.2. The molecule has 0 radical (unpaired) electrons. The predicted molar refractivity (Wildman–Crippen MR) is 87.0 cm³/mol. The van der Waals surface area contributed by atoms with Gasteiger partial charge in [0.25, 0.3) is 0 Å². The molecule has 1 aromatic heterocycles. The first-order valence-corrected chi connectivity index (χ1v) is 8.67. The van der Waals surface area contributed by atoms with Crippen molar-refractivity contribution in [3.8, 4) is 11.3 Å². The number of benzene rings is 1. The number of imidazole rings is 1. The van der Waals surface area contributed by atoms with Crippen LogP contribution in [-0.2, 0) is 4.74 Å². The van der Waals surface area contributed by atoms with Crippen LogP contribution in [0.2, 0.25) is 0 Å². The Bertz CT molecular complexity index is 732. The summed E-state index contributed by atoms with van der Waals surface area (Å²) in [6, 6.07) is 8.81. The molecular weight excluding hydrogens is 288 g/mol. The maximum atomic E-state index is 11.2. The van der Waals surface area contributed by atoms with Gasteiger partial charge in [-0.1, -0.05) is 24.3 Å². The Labute approximate surface area is 136 Å². The lowest BCUT2D eigenvalue weighted by Gasteiger charge is -2.38. The van der Waals surface area contributed by atoms with Crippen molar-refractivity contribution in [3.63, 3.8) is 0 Å². The van der Waals surface area contributed by atoms with Gasteiger partial charge in [0, 0.05) is 30.1 Å². The number of hydrogen-bond acceptors (Lipinski definition) is 3. The molecule has 1 spiro atoms. The van der Waals surface area contributed by atoms with E-state index in [0.29, 0.717) is 0 Å². The number of rotatable bonds is 1. The Morgan fingerprint density at radius 1 is 1.17 bits per heavy atom. The largest absolute Gasteiger partial charge is 0.392 e. The maximum Gasteiger partial charge on any atom is 0.0956 e. The van der Waals surface area contributed by atoms with Crippen molar-refractivity contribution < 1.29 is 9.84 Å². The monoisotopic (exact) mass is 310 g/mol. The van der Waals surface area contributed by atoms with Crippen LogP contribution in [0.5, 0.6) is 0 Å². The lowest BCUT2D eigenvalue weighted by atomic mass is 9.74. The molecule has 1 saturated carbocycles. The van der Waals surface area contributed by atoms with E-state index in [0.717, 1.165) is 38.9 Å². The lowest BCUT2D eigenvalue weighted by Crippen LogP contribution is -2.40. The molecule has 2 fully saturated rings. The molecule has 0 bridgehead atoms. The van der Waals surface area contributed by atoms with Crippen LogP contribution in [0, 0.1) is 11.3 Å². The SMILES string of the molecule is O[C@@H]1[C@H]([C@H]2c3ccccc3-c3cncn32)CCC12CCOCC2. The fourth-order valence-corrected chi connectivity index (χ4v) is 5.18. The standard InChI is InChI=1S/C19H22N2O2/c22-18-15(5-6-19(18)7-9-23-10-8-19)17-14-4-2-1-3-13(14)16-11-20-12-21(16)17/h1-4,11-12,15,17-18,22H,5-10H2/t15-,17+,18+/m0/s1. The van der Waals surface area contributed by atoms with Gasteiger partial charge in [0.1, 0.15) is 0 Å². The zero-order valence-corrected chi connectivity index (χ0v) is 13.2. The minimum absolute atomic E-state index is 0.0706. The van der Waals surface area contributed by atoms with Gasteiger partial charge >= 0.3 is 0 Å². The van der Waals surface area contributed by atoms with Crippen LogP contribution >= 0.6 is 0 Å². The summed E-state index contributed by atoms with van der Waals surface area (Å²) < 4.78 is 7.81. The molecule has 0 unspecified atom stereocenters. The highest BCUT2D eigenvalue weighted by atomic mass is 16.5. The molecule has 0 amide bonds. The molecule has 3 heterocycles. The molecular formula is C19H22N2O2. The second kappa shape index (κ2) is 4.92. The van der Waals surface area contributed by atoms with Crippen molar-refractivity contribution >= 4 is 0 Å². The van der Waals surface area contributed by atoms with E-state index < -0.39 is 0 Å². The van der Waals surface area contributed by atoms with Crippen molar-refractivity contribution in [3.05, 3.63) is 42.4 Å². The minimum Gasteiger partial charge on any atom is -0.392 e. The summed E-state index contributed by atoms with van der Waals surface area (Å²) >= 11 is 0. The highest BCUT2D eigenvalue weighted by molar-refractivity contribution is 5.69. The molecule has 120 valence electrons. The number of aliphatic hydroxyl groups excluding tert-OH is 1. The van der Waals surface area contributed by atoms with Gasteiger partial charge in [0.15, 0.2) is 0 Å². The molecule has 5 rings (SSSR count). The van der Waals surface area contributed by atoms with E-state index >= 15 is 0 Å². The molecule has 1 aliphatic carbocycles. The zero-order chi connectivity index (χ0) is 15.4. The third-order valence-corrected chi connectivity index (χ3v) is 6.42. The molecule has 1 aromatic carbocycles. The topological polar surface area (TPSA) is 47.3 Å². The Hall–Kier alpha value is -1.65. The third-order valence-electron chi connectivity index (χ3n) is 6.42. The van der Waals surface area contributed by atoms with Gasteiger partial charge in [-0.2, -0.15) is 0 Å². The Balaban J connectivity index is 1.56. The smallest absolute Gasteiger partial charge is 0.0956 e. The van der Waals surface area contributed by atoms with Crippen LogP contribution in [0.25, 0.3) is 11.3 Å². The number of fused-ring (bicyclic) bond motifs is 3. The lowest BCUT2D eigenvalue weighted by molar-refractivity contribution is -0.0597. The number of ether oxygens (including phenoxy) is 1. The quantitative estimate of drug-likeness (QED) is 0.881. The Morgan fingerprint density at radius 2 is 2.00 bits per heavy atom. The summed E-state index contributed by atoms with van der Waals surface area (Å²) in [4.78, 5) is 4.35. The second-order valence-corrected chi connectivity index (χ2v) is 7.34. The van der Waals surface area contributed by atoms with Crippen LogP contribution in [0.15, 0.2) is 36.8 Å². The third kappa shape index (κ3) is 1.82. The molecule has 2 aliphatic heterocycles. The number of aliphatic hydroxyl groups is 1. The molecule has 4 heteroatoms. The summed E-state index contributed by atoms with van der Waals surface area (Å²) in [5.74, 6) is 0.268. The van der Waals surface area contributed by atoms with E-state index in [1.807, 2.05) is 12.5 Å². The van der Waals surface area contributed by atoms with Gasteiger partial charge in [-0.05, 0) is 31.2 Å². The van der Waals surface area contributed by atoms with Crippen LogP contribution in [0.4, 0.5) is 0 Å². The van der Waals surface area contributed by atoms with Gasteiger partial charge in [-0.15, -0.1) is 0 Å². The summed E-state index contributed by atoms with van der Waals surface area (Å²) in [6.07, 6.45) is 7.82. The normalized spacial score (nSPS) is 31.3. The van der Waals surface area contributed by atoms with E-state index in [4.69, 9.17) is 4.74 Å². The summed E-state index contributed by atoms with van der Waals surface area (Å²) in [6.45, 7) is 1.59. The Kier molecular flexibility index (Phi) is 2.94. The van der Waals surface area contributed by atoms with Crippen molar-refractivity contribution in [2.24, 2.45) is 11.3 Å². The van der Waals surface area contributed by atoms with Crippen molar-refractivity contribution in [1.29, 1.82) is 0 Å². The van der Waals surface area contributed by atoms with Crippen LogP contribution in [0.1, 0.15) is 37.3 Å². The van der Waals surface area contributed by atoms with E-state index in [1.54, 1.807) is 0 Å². The first-order chi connectivity index (χ1) is 11.3. The predicted octanol–water partition coefficient (Wildman–Crippen LogP) is 3.02. The molecule has 3 atom stereocenters. The van der Waals surface area contributed by atoms with Gasteiger partial charge in [0.05, 0.1) is 30.4 Å². The molecule has 2 aromatic rings. The first-order valence-electron chi connectivity index (χ1n) is 8.67. The maximum absolute atomic E-state index is 11.2. The number of hydrogen-bond donors (Lipinski definition) is 1. The van der Waals surface area contributed by atoms with Gasteiger partial charge < -0.3 is 14.4 Å². The van der Waals surface area contributed by atoms with Crippen LogP contribution < -0.4 is 0 Å². The minimum atomic E-state index is -0.252. The fourth-order valence-electron chi connectivity index (χ4n) is 5.18. The Morgan fingerprint density at radius 3 is 2.87 bits per heavy atom. The zero-order valence-electron chi connectivity index (χ0n) is 13.2. The van der Waals surface area contributed by atoms with E-state index in [-0.39, 0.29) is 23.5 Å². The van der Waals surface area contributed by atoms with Crippen LogP contribution in [-0.4, -0.2) is 34.0 Å². The molecule has 4 nitrogen and oxygen atoms in total. The second-order valence-electron chi connectivity index (χ2n) is 7.34. The van der Waals surface area contributed by atoms with E-state index in [2.05, 4.69) is 33.8 Å². The number of nitrogens with zero attached hydrogens (tertiary/aromatic N) is 2. The molecule has 23 heavy (non-hydrogen) atoms. The highest BCUT2D eigenvalue weighted by Gasteiger charge is 2.52. The first kappa shape index (κ1) is 13.8. The summed E-state index contributed by atoms with van der Waals surface area (Å²) in [7, 11) is 0. The van der Waals surface area contributed by atoms with E-state index in [9.17, 15) is 5.11 Å². The van der Waals surface area contributed by atoms with Gasteiger partial charge in [-0.25, -0.2) is 4.98 Å². The van der Waals surface area contributed by atoms with Gasteiger partial charge in [-0.3, -0.25) is 0 Å². The van der Waals surface area contributed by atoms with Crippen LogP contribution in [0.3, 0.4) is 0 Å². The summed E-state index contributed by atoms with van der Waals surface area (Å²) in [5.41, 5.74) is 3.88. The van der Waals surface area contributed by atoms with Crippen molar-refractivity contribution in [2.75, 3.05) is 13.2 Å². The van der Waals surface area contributed by atoms with Crippen molar-refractivity contribution in [2.45, 2.75) is 37.8 Å². The molecule has 1 saturated heterocycles. The van der Waals surface area contributed by atoms with Crippen molar-refractivity contribution in [1.82, 2.24) is 9.55 Å². The molecule has 1 N–H and O–H groups in total. The van der Waals surface area contributed by atoms with E-state index in [1.165, 1.54) is 16.8 Å². The molecule has 3 aliphatic rings. The fraction of sp³-hybridized carbons (Fsp3) is 0.526. The number of aromatic nitrogens is 2. The highest BCUT2D eigenvalue weighted by Crippen LogP contribution is 2.55. The average Bonchev–Trinajstić information content (AvgIpc) is 3.25. The van der Waals surface area contributed by atoms with Gasteiger partial charge in [0.2, 0.25) is 0 Å². The average molecular weight is 310 g/mol.